The molecule has 5 heteroatoms. The van der Waals surface area contributed by atoms with Crippen molar-refractivity contribution in [1.29, 1.82) is 0 Å². The molecule has 0 amide bonds. The molecule has 16 heavy (non-hydrogen) atoms. The lowest BCUT2D eigenvalue weighted by molar-refractivity contribution is -0.137. The summed E-state index contributed by atoms with van der Waals surface area (Å²) in [6, 6.07) is 1.45. The molecule has 0 heterocycles. The molecule has 0 bridgehead atoms. The molecule has 0 aliphatic rings. The summed E-state index contributed by atoms with van der Waals surface area (Å²) in [7, 11) is 0. The number of halogens is 4. The van der Waals surface area contributed by atoms with Crippen LogP contribution in [0.15, 0.2) is 12.1 Å². The molecule has 90 valence electrons. The highest BCUT2D eigenvalue weighted by molar-refractivity contribution is 5.37. The molecule has 0 N–H and O–H groups in total. The molecular formula is C11H12F4O. The normalized spacial score (nSPS) is 12.0. The van der Waals surface area contributed by atoms with E-state index in [-0.39, 0.29) is 17.4 Å². The van der Waals surface area contributed by atoms with Gasteiger partial charge in [-0.25, -0.2) is 4.39 Å². The summed E-state index contributed by atoms with van der Waals surface area (Å²) < 4.78 is 55.7. The van der Waals surface area contributed by atoms with Gasteiger partial charge in [-0.3, -0.25) is 0 Å². The van der Waals surface area contributed by atoms with Crippen molar-refractivity contribution in [3.8, 4) is 5.75 Å². The van der Waals surface area contributed by atoms with E-state index < -0.39 is 17.6 Å². The second-order valence-electron chi connectivity index (χ2n) is 3.77. The van der Waals surface area contributed by atoms with Gasteiger partial charge in [-0.15, -0.1) is 0 Å². The molecule has 0 radical (unpaired) electrons. The zero-order chi connectivity index (χ0) is 12.5. The van der Waals surface area contributed by atoms with Crippen molar-refractivity contribution in [3.05, 3.63) is 29.1 Å². The molecule has 0 spiro atoms. The summed E-state index contributed by atoms with van der Waals surface area (Å²) in [6.45, 7) is 4.52. The van der Waals surface area contributed by atoms with E-state index in [2.05, 4.69) is 0 Å². The Balaban J connectivity index is 3.22. The Morgan fingerprint density at radius 2 is 1.75 bits per heavy atom. The predicted molar refractivity (Wildman–Crippen MR) is 51.9 cm³/mol. The fraction of sp³-hybridized carbons (Fsp3) is 0.455. The molecule has 1 aromatic carbocycles. The number of hydrogen-bond donors (Lipinski definition) is 0. The fourth-order valence-corrected chi connectivity index (χ4v) is 1.24. The monoisotopic (exact) mass is 236 g/mol. The first-order chi connectivity index (χ1) is 7.21. The van der Waals surface area contributed by atoms with Gasteiger partial charge in [0.1, 0.15) is 0 Å². The molecule has 0 aromatic heterocycles. The molecule has 0 atom stereocenters. The highest BCUT2D eigenvalue weighted by atomic mass is 19.4. The maximum atomic E-state index is 13.4. The molecule has 0 aliphatic heterocycles. The molecule has 1 nitrogen and oxygen atoms in total. The molecule has 0 saturated carbocycles. The maximum absolute atomic E-state index is 13.4. The van der Waals surface area contributed by atoms with Crippen LogP contribution >= 0.6 is 0 Å². The van der Waals surface area contributed by atoms with Crippen molar-refractivity contribution in [2.45, 2.75) is 33.1 Å². The summed E-state index contributed by atoms with van der Waals surface area (Å²) in [5.74, 6) is -1.11. The van der Waals surface area contributed by atoms with Crippen molar-refractivity contribution in [2.24, 2.45) is 0 Å². The van der Waals surface area contributed by atoms with Crippen LogP contribution < -0.4 is 4.74 Å². The maximum Gasteiger partial charge on any atom is 0.416 e. The number of aryl methyl sites for hydroxylation is 1. The lowest BCUT2D eigenvalue weighted by Gasteiger charge is -2.15. The standard InChI is InChI=1S/C11H12F4O/c1-6(2)16-9-5-8(11(13,14)15)4-7(3)10(9)12/h4-6H,1-3H3. The van der Waals surface area contributed by atoms with E-state index >= 15 is 0 Å². The number of rotatable bonds is 2. The molecule has 0 aliphatic carbocycles. The number of ether oxygens (including phenoxy) is 1. The topological polar surface area (TPSA) is 9.23 Å². The Bertz CT molecular complexity index is 382. The Morgan fingerprint density at radius 3 is 2.19 bits per heavy atom. The van der Waals surface area contributed by atoms with E-state index in [4.69, 9.17) is 4.74 Å². The van der Waals surface area contributed by atoms with Crippen LogP contribution in [-0.2, 0) is 6.18 Å². The SMILES string of the molecule is Cc1cc(C(F)(F)F)cc(OC(C)C)c1F. The van der Waals surface area contributed by atoms with Crippen molar-refractivity contribution < 1.29 is 22.3 Å². The Labute approximate surface area is 91.0 Å². The van der Waals surface area contributed by atoms with Gasteiger partial charge in [0.15, 0.2) is 11.6 Å². The van der Waals surface area contributed by atoms with E-state index in [9.17, 15) is 17.6 Å². The molecule has 1 rings (SSSR count). The zero-order valence-electron chi connectivity index (χ0n) is 9.15. The van der Waals surface area contributed by atoms with Gasteiger partial charge >= 0.3 is 6.18 Å². The summed E-state index contributed by atoms with van der Waals surface area (Å²) >= 11 is 0. The summed E-state index contributed by atoms with van der Waals surface area (Å²) in [6.07, 6.45) is -4.87. The van der Waals surface area contributed by atoms with Gasteiger partial charge in [0.25, 0.3) is 0 Å². The zero-order valence-corrected chi connectivity index (χ0v) is 9.15. The van der Waals surface area contributed by atoms with Gasteiger partial charge in [-0.2, -0.15) is 13.2 Å². The van der Waals surface area contributed by atoms with Crippen molar-refractivity contribution in [2.75, 3.05) is 0 Å². The summed E-state index contributed by atoms with van der Waals surface area (Å²) in [5.41, 5.74) is -0.979. The smallest absolute Gasteiger partial charge is 0.416 e. The molecule has 0 fully saturated rings. The number of hydrogen-bond acceptors (Lipinski definition) is 1. The number of benzene rings is 1. The first-order valence-corrected chi connectivity index (χ1v) is 4.76. The highest BCUT2D eigenvalue weighted by Crippen LogP contribution is 2.34. The first kappa shape index (κ1) is 12.8. The quantitative estimate of drug-likeness (QED) is 0.707. The van der Waals surface area contributed by atoms with Gasteiger partial charge in [-0.05, 0) is 38.5 Å². The Kier molecular flexibility index (Phi) is 3.45. The van der Waals surface area contributed by atoms with Gasteiger partial charge in [0, 0.05) is 0 Å². The van der Waals surface area contributed by atoms with Gasteiger partial charge in [-0.1, -0.05) is 0 Å². The van der Waals surface area contributed by atoms with Gasteiger partial charge in [0.05, 0.1) is 11.7 Å². The predicted octanol–water partition coefficient (Wildman–Crippen LogP) is 3.94. The summed E-state index contributed by atoms with van der Waals surface area (Å²) in [4.78, 5) is 0. The van der Waals surface area contributed by atoms with Crippen LogP contribution in [0.3, 0.4) is 0 Å². The van der Waals surface area contributed by atoms with Crippen molar-refractivity contribution >= 4 is 0 Å². The highest BCUT2D eigenvalue weighted by Gasteiger charge is 2.32. The second-order valence-corrected chi connectivity index (χ2v) is 3.77. The first-order valence-electron chi connectivity index (χ1n) is 4.76. The molecular weight excluding hydrogens is 224 g/mol. The molecule has 1 aromatic rings. The van der Waals surface area contributed by atoms with Crippen LogP contribution in [-0.4, -0.2) is 6.10 Å². The Morgan fingerprint density at radius 1 is 1.19 bits per heavy atom. The lowest BCUT2D eigenvalue weighted by atomic mass is 10.1. The summed E-state index contributed by atoms with van der Waals surface area (Å²) in [5, 5.41) is 0. The van der Waals surface area contributed by atoms with E-state index in [1.54, 1.807) is 13.8 Å². The second kappa shape index (κ2) is 4.31. The third kappa shape index (κ3) is 2.87. The minimum absolute atomic E-state index is 0.0783. The van der Waals surface area contributed by atoms with Crippen molar-refractivity contribution in [1.82, 2.24) is 0 Å². The van der Waals surface area contributed by atoms with Gasteiger partial charge in [0.2, 0.25) is 0 Å². The van der Waals surface area contributed by atoms with Crippen LogP contribution in [0.5, 0.6) is 5.75 Å². The van der Waals surface area contributed by atoms with Gasteiger partial charge < -0.3 is 4.74 Å². The van der Waals surface area contributed by atoms with E-state index in [1.807, 2.05) is 0 Å². The average Bonchev–Trinajstić information content (AvgIpc) is 2.10. The van der Waals surface area contributed by atoms with E-state index in [1.165, 1.54) is 6.92 Å². The lowest BCUT2D eigenvalue weighted by Crippen LogP contribution is -2.11. The molecule has 0 unspecified atom stereocenters. The van der Waals surface area contributed by atoms with Crippen LogP contribution in [0, 0.1) is 12.7 Å². The van der Waals surface area contributed by atoms with Crippen molar-refractivity contribution in [3.63, 3.8) is 0 Å². The minimum atomic E-state index is -4.49. The third-order valence-electron chi connectivity index (χ3n) is 1.91. The van der Waals surface area contributed by atoms with Crippen LogP contribution in [0.1, 0.15) is 25.0 Å². The fourth-order valence-electron chi connectivity index (χ4n) is 1.24. The van der Waals surface area contributed by atoms with E-state index in [0.717, 1.165) is 6.07 Å². The minimum Gasteiger partial charge on any atom is -0.488 e. The largest absolute Gasteiger partial charge is 0.488 e. The molecule has 0 saturated heterocycles. The number of alkyl halides is 3. The average molecular weight is 236 g/mol. The van der Waals surface area contributed by atoms with E-state index in [0.29, 0.717) is 6.07 Å². The van der Waals surface area contributed by atoms with Crippen LogP contribution in [0.25, 0.3) is 0 Å². The van der Waals surface area contributed by atoms with Crippen LogP contribution in [0.2, 0.25) is 0 Å². The third-order valence-corrected chi connectivity index (χ3v) is 1.91. The Hall–Kier alpha value is -1.26. The van der Waals surface area contributed by atoms with Crippen LogP contribution in [0.4, 0.5) is 17.6 Å².